The summed E-state index contributed by atoms with van der Waals surface area (Å²) in [5, 5.41) is 3.04. The molecule has 6 nitrogen and oxygen atoms in total. The fourth-order valence-corrected chi connectivity index (χ4v) is 3.21. The van der Waals surface area contributed by atoms with Crippen LogP contribution in [-0.4, -0.2) is 58.3 Å². The van der Waals surface area contributed by atoms with Gasteiger partial charge in [-0.2, -0.15) is 0 Å². The van der Waals surface area contributed by atoms with Gasteiger partial charge in [-0.05, 0) is 42.4 Å². The molecule has 0 atom stereocenters. The maximum absolute atomic E-state index is 13.1. The summed E-state index contributed by atoms with van der Waals surface area (Å²) >= 11 is 0. The smallest absolute Gasteiger partial charge is 0.251 e. The fourth-order valence-electron chi connectivity index (χ4n) is 3.21. The van der Waals surface area contributed by atoms with Crippen LogP contribution in [0.25, 0.3) is 11.6 Å². The Morgan fingerprint density at radius 1 is 0.967 bits per heavy atom. The van der Waals surface area contributed by atoms with Gasteiger partial charge < -0.3 is 24.4 Å². The van der Waals surface area contributed by atoms with Crippen molar-refractivity contribution in [3.63, 3.8) is 0 Å². The zero-order valence-electron chi connectivity index (χ0n) is 18.5. The molecule has 0 saturated heterocycles. The van der Waals surface area contributed by atoms with Gasteiger partial charge in [-0.25, -0.2) is 0 Å². The van der Waals surface area contributed by atoms with Gasteiger partial charge in [0.15, 0.2) is 11.5 Å². The van der Waals surface area contributed by atoms with Crippen molar-refractivity contribution in [2.45, 2.75) is 13.8 Å². The van der Waals surface area contributed by atoms with E-state index in [4.69, 9.17) is 14.2 Å². The van der Waals surface area contributed by atoms with Crippen LogP contribution in [0.2, 0.25) is 0 Å². The molecular weight excluding hydrogens is 380 g/mol. The Hall–Kier alpha value is -2.99. The summed E-state index contributed by atoms with van der Waals surface area (Å²) in [6.07, 6.45) is 1.84. The van der Waals surface area contributed by atoms with E-state index in [-0.39, 0.29) is 5.91 Å². The number of ether oxygens (including phenoxy) is 3. The third-order valence-corrected chi connectivity index (χ3v) is 4.94. The molecule has 0 heterocycles. The second-order valence-corrected chi connectivity index (χ2v) is 6.67. The van der Waals surface area contributed by atoms with Gasteiger partial charge in [0.2, 0.25) is 5.75 Å². The van der Waals surface area contributed by atoms with Gasteiger partial charge in [0.05, 0.1) is 21.3 Å². The predicted molar refractivity (Wildman–Crippen MR) is 121 cm³/mol. The van der Waals surface area contributed by atoms with Gasteiger partial charge in [-0.1, -0.05) is 44.2 Å². The Bertz CT molecular complexity index is 821. The molecule has 0 unspecified atom stereocenters. The number of amides is 1. The summed E-state index contributed by atoms with van der Waals surface area (Å²) in [5.41, 5.74) is 2.19. The van der Waals surface area contributed by atoms with Crippen LogP contribution in [0.4, 0.5) is 0 Å². The first-order valence-corrected chi connectivity index (χ1v) is 10.2. The van der Waals surface area contributed by atoms with Gasteiger partial charge in [0.25, 0.3) is 5.91 Å². The number of carbonyl (C=O) groups is 1. The Labute approximate surface area is 179 Å². The first-order chi connectivity index (χ1) is 14.6. The number of methoxy groups -OCH3 is 3. The van der Waals surface area contributed by atoms with E-state index in [1.54, 1.807) is 21.3 Å². The summed E-state index contributed by atoms with van der Waals surface area (Å²) in [5.74, 6) is 1.47. The van der Waals surface area contributed by atoms with E-state index in [1.165, 1.54) is 0 Å². The van der Waals surface area contributed by atoms with Crippen LogP contribution in [0.5, 0.6) is 17.2 Å². The predicted octanol–water partition coefficient (Wildman–Crippen LogP) is 3.71. The van der Waals surface area contributed by atoms with Gasteiger partial charge in [-0.15, -0.1) is 0 Å². The zero-order valence-corrected chi connectivity index (χ0v) is 18.5. The van der Waals surface area contributed by atoms with E-state index >= 15 is 0 Å². The molecule has 0 fully saturated rings. The maximum atomic E-state index is 13.1. The molecule has 1 amide bonds. The molecule has 1 N–H and O–H groups in total. The van der Waals surface area contributed by atoms with E-state index in [0.29, 0.717) is 29.4 Å². The van der Waals surface area contributed by atoms with E-state index in [1.807, 2.05) is 48.5 Å². The SMILES string of the molecule is CCN(CC)CCNC(=O)/C(=C/c1cc(OC)c(OC)c(OC)c1)c1ccccc1. The van der Waals surface area contributed by atoms with Gasteiger partial charge in [-0.3, -0.25) is 4.79 Å². The lowest BCUT2D eigenvalue weighted by atomic mass is 10.0. The summed E-state index contributed by atoms with van der Waals surface area (Å²) < 4.78 is 16.3. The topological polar surface area (TPSA) is 60.0 Å². The minimum Gasteiger partial charge on any atom is -0.493 e. The minimum absolute atomic E-state index is 0.123. The molecular formula is C24H32N2O4. The summed E-state index contributed by atoms with van der Waals surface area (Å²) in [4.78, 5) is 15.3. The molecule has 0 aromatic heterocycles. The molecule has 2 aromatic carbocycles. The van der Waals surface area contributed by atoms with Crippen molar-refractivity contribution >= 4 is 17.6 Å². The minimum atomic E-state index is -0.123. The Balaban J connectivity index is 2.38. The van der Waals surface area contributed by atoms with E-state index in [0.717, 1.165) is 30.8 Å². The quantitative estimate of drug-likeness (QED) is 0.450. The first kappa shape index (κ1) is 23.3. The van der Waals surface area contributed by atoms with Gasteiger partial charge in [0, 0.05) is 18.7 Å². The molecule has 0 spiro atoms. The second-order valence-electron chi connectivity index (χ2n) is 6.67. The average Bonchev–Trinajstić information content (AvgIpc) is 2.79. The van der Waals surface area contributed by atoms with Crippen LogP contribution >= 0.6 is 0 Å². The molecule has 0 radical (unpaired) electrons. The number of likely N-dealkylation sites (N-methyl/N-ethyl adjacent to an activating group) is 1. The third-order valence-electron chi connectivity index (χ3n) is 4.94. The molecule has 30 heavy (non-hydrogen) atoms. The van der Waals surface area contributed by atoms with Crippen molar-refractivity contribution in [3.8, 4) is 17.2 Å². The van der Waals surface area contributed by atoms with E-state index in [9.17, 15) is 4.79 Å². The highest BCUT2D eigenvalue weighted by Crippen LogP contribution is 2.39. The monoisotopic (exact) mass is 412 g/mol. The standard InChI is InChI=1S/C24H32N2O4/c1-6-26(7-2)14-13-25-24(27)20(19-11-9-8-10-12-19)15-18-16-21(28-3)23(30-5)22(17-18)29-4/h8-12,15-17H,6-7,13-14H2,1-5H3,(H,25,27)/b20-15+. The van der Waals surface area contributed by atoms with Gasteiger partial charge >= 0.3 is 0 Å². The van der Waals surface area contributed by atoms with E-state index in [2.05, 4.69) is 24.1 Å². The van der Waals surface area contributed by atoms with Crippen molar-refractivity contribution in [3.05, 3.63) is 53.6 Å². The van der Waals surface area contributed by atoms with Crippen LogP contribution < -0.4 is 19.5 Å². The number of carbonyl (C=O) groups excluding carboxylic acids is 1. The zero-order chi connectivity index (χ0) is 21.9. The molecule has 6 heteroatoms. The number of nitrogens with one attached hydrogen (secondary N) is 1. The van der Waals surface area contributed by atoms with Crippen molar-refractivity contribution in [2.24, 2.45) is 0 Å². The first-order valence-electron chi connectivity index (χ1n) is 10.2. The Morgan fingerprint density at radius 2 is 1.57 bits per heavy atom. The number of rotatable bonds is 11. The second kappa shape index (κ2) is 11.9. The highest BCUT2D eigenvalue weighted by molar-refractivity contribution is 6.24. The molecule has 0 aliphatic heterocycles. The summed E-state index contributed by atoms with van der Waals surface area (Å²) in [6.45, 7) is 7.54. The largest absolute Gasteiger partial charge is 0.493 e. The van der Waals surface area contributed by atoms with Crippen molar-refractivity contribution < 1.29 is 19.0 Å². The number of hydrogen-bond acceptors (Lipinski definition) is 5. The highest BCUT2D eigenvalue weighted by atomic mass is 16.5. The van der Waals surface area contributed by atoms with E-state index < -0.39 is 0 Å². The highest BCUT2D eigenvalue weighted by Gasteiger charge is 2.16. The molecule has 2 rings (SSSR count). The van der Waals surface area contributed by atoms with Crippen LogP contribution in [0.15, 0.2) is 42.5 Å². The normalized spacial score (nSPS) is 11.3. The molecule has 0 bridgehead atoms. The lowest BCUT2D eigenvalue weighted by Gasteiger charge is -2.18. The molecule has 0 saturated carbocycles. The lowest BCUT2D eigenvalue weighted by Crippen LogP contribution is -2.35. The van der Waals surface area contributed by atoms with Crippen LogP contribution in [0, 0.1) is 0 Å². The van der Waals surface area contributed by atoms with Crippen LogP contribution in [0.1, 0.15) is 25.0 Å². The number of nitrogens with zero attached hydrogens (tertiary/aromatic N) is 1. The summed E-state index contributed by atoms with van der Waals surface area (Å²) in [7, 11) is 4.71. The number of benzene rings is 2. The molecule has 162 valence electrons. The number of hydrogen-bond donors (Lipinski definition) is 1. The van der Waals surface area contributed by atoms with Crippen LogP contribution in [-0.2, 0) is 4.79 Å². The maximum Gasteiger partial charge on any atom is 0.251 e. The van der Waals surface area contributed by atoms with Crippen LogP contribution in [0.3, 0.4) is 0 Å². The van der Waals surface area contributed by atoms with Gasteiger partial charge in [0.1, 0.15) is 0 Å². The summed E-state index contributed by atoms with van der Waals surface area (Å²) in [6, 6.07) is 13.3. The lowest BCUT2D eigenvalue weighted by molar-refractivity contribution is -0.115. The fraction of sp³-hybridized carbons (Fsp3) is 0.375. The third kappa shape index (κ3) is 6.00. The van der Waals surface area contributed by atoms with Crippen molar-refractivity contribution in [2.75, 3.05) is 47.5 Å². The Kier molecular flexibility index (Phi) is 9.22. The molecule has 0 aliphatic rings. The molecule has 0 aliphatic carbocycles. The Morgan fingerprint density at radius 3 is 2.07 bits per heavy atom. The van der Waals surface area contributed by atoms with Crippen molar-refractivity contribution in [1.82, 2.24) is 10.2 Å². The molecule has 2 aromatic rings. The average molecular weight is 413 g/mol. The van der Waals surface area contributed by atoms with Crippen molar-refractivity contribution in [1.29, 1.82) is 0 Å².